The van der Waals surface area contributed by atoms with Crippen molar-refractivity contribution in [1.29, 1.82) is 0 Å². The Hall–Kier alpha value is -1.05. The van der Waals surface area contributed by atoms with Crippen LogP contribution in [0.2, 0.25) is 0 Å². The highest BCUT2D eigenvalue weighted by molar-refractivity contribution is 5.86. The Bertz CT molecular complexity index is 202. The van der Waals surface area contributed by atoms with Gasteiger partial charge in [-0.3, -0.25) is 0 Å². The second kappa shape index (κ2) is 5.58. The van der Waals surface area contributed by atoms with Crippen molar-refractivity contribution in [3.05, 3.63) is 23.8 Å². The molecule has 0 bridgehead atoms. The molecular formula is C10H16O2. The van der Waals surface area contributed by atoms with Gasteiger partial charge in [0.05, 0.1) is 0 Å². The summed E-state index contributed by atoms with van der Waals surface area (Å²) >= 11 is 0. The molecule has 0 amide bonds. The van der Waals surface area contributed by atoms with Gasteiger partial charge in [-0.05, 0) is 19.8 Å². The minimum atomic E-state index is -0.907. The monoisotopic (exact) mass is 168 g/mol. The van der Waals surface area contributed by atoms with Gasteiger partial charge in [0.25, 0.3) is 0 Å². The van der Waals surface area contributed by atoms with Crippen LogP contribution < -0.4 is 0 Å². The second-order valence-corrected chi connectivity index (χ2v) is 2.91. The second-order valence-electron chi connectivity index (χ2n) is 2.91. The Labute approximate surface area is 73.6 Å². The molecule has 0 atom stereocenters. The van der Waals surface area contributed by atoms with Crippen molar-refractivity contribution >= 4 is 5.97 Å². The lowest BCUT2D eigenvalue weighted by molar-refractivity contribution is -0.132. The Morgan fingerprint density at radius 2 is 2.17 bits per heavy atom. The lowest BCUT2D eigenvalue weighted by atomic mass is 10.1. The number of hydrogen-bond acceptors (Lipinski definition) is 1. The molecule has 0 radical (unpaired) electrons. The van der Waals surface area contributed by atoms with E-state index < -0.39 is 5.97 Å². The maximum Gasteiger partial charge on any atom is 0.331 e. The molecule has 1 N–H and O–H groups in total. The standard InChI is InChI=1S/C10H16O2/c1-4-5-8(2)6-7-9(3)10(11)12/h6H,3-5,7H2,1-2H3,(H,11,12). The van der Waals surface area contributed by atoms with E-state index in [9.17, 15) is 4.79 Å². The maximum absolute atomic E-state index is 10.3. The Kier molecular flexibility index (Phi) is 5.09. The Balaban J connectivity index is 3.87. The van der Waals surface area contributed by atoms with Gasteiger partial charge in [-0.25, -0.2) is 4.79 Å². The lowest BCUT2D eigenvalue weighted by Crippen LogP contribution is -1.97. The van der Waals surface area contributed by atoms with Crippen LogP contribution in [0.1, 0.15) is 33.1 Å². The van der Waals surface area contributed by atoms with E-state index >= 15 is 0 Å². The first kappa shape index (κ1) is 11.0. The SMILES string of the molecule is C=C(CC=C(C)CCC)C(=O)O. The predicted octanol–water partition coefficient (Wildman–Crippen LogP) is 2.76. The van der Waals surface area contributed by atoms with Crippen LogP contribution in [0.25, 0.3) is 0 Å². The van der Waals surface area contributed by atoms with Crippen LogP contribution in [-0.2, 0) is 4.79 Å². The molecule has 0 fully saturated rings. The van der Waals surface area contributed by atoms with Crippen LogP contribution in [0.15, 0.2) is 23.8 Å². The van der Waals surface area contributed by atoms with Crippen molar-refractivity contribution in [2.24, 2.45) is 0 Å². The van der Waals surface area contributed by atoms with Crippen LogP contribution in [0.4, 0.5) is 0 Å². The molecule has 0 aliphatic rings. The van der Waals surface area contributed by atoms with Gasteiger partial charge in [0.1, 0.15) is 0 Å². The summed E-state index contributed by atoms with van der Waals surface area (Å²) in [5, 5.41) is 8.50. The average molecular weight is 168 g/mol. The van der Waals surface area contributed by atoms with Gasteiger partial charge in [0.2, 0.25) is 0 Å². The first-order valence-corrected chi connectivity index (χ1v) is 4.14. The number of carboxylic acids is 1. The van der Waals surface area contributed by atoms with Crippen molar-refractivity contribution in [3.63, 3.8) is 0 Å². The highest BCUT2D eigenvalue weighted by Crippen LogP contribution is 2.07. The smallest absolute Gasteiger partial charge is 0.331 e. The molecule has 0 aromatic rings. The summed E-state index contributed by atoms with van der Waals surface area (Å²) in [5.74, 6) is -0.907. The number of rotatable bonds is 5. The molecule has 2 heteroatoms. The summed E-state index contributed by atoms with van der Waals surface area (Å²) in [6.45, 7) is 7.56. The average Bonchev–Trinajstić information content (AvgIpc) is 2.00. The van der Waals surface area contributed by atoms with E-state index in [2.05, 4.69) is 13.5 Å². The van der Waals surface area contributed by atoms with E-state index in [4.69, 9.17) is 5.11 Å². The summed E-state index contributed by atoms with van der Waals surface area (Å²) in [7, 11) is 0. The summed E-state index contributed by atoms with van der Waals surface area (Å²) in [4.78, 5) is 10.3. The van der Waals surface area contributed by atoms with Crippen LogP contribution in [-0.4, -0.2) is 11.1 Å². The summed E-state index contributed by atoms with van der Waals surface area (Å²) in [6.07, 6.45) is 4.52. The number of aliphatic carboxylic acids is 1. The highest BCUT2D eigenvalue weighted by Gasteiger charge is 2.00. The third-order valence-electron chi connectivity index (χ3n) is 1.64. The van der Waals surface area contributed by atoms with Crippen molar-refractivity contribution in [2.75, 3.05) is 0 Å². The fourth-order valence-corrected chi connectivity index (χ4v) is 0.881. The van der Waals surface area contributed by atoms with Crippen molar-refractivity contribution in [3.8, 4) is 0 Å². The van der Waals surface area contributed by atoms with E-state index in [1.807, 2.05) is 13.0 Å². The van der Waals surface area contributed by atoms with Gasteiger partial charge in [0, 0.05) is 5.57 Å². The first-order chi connectivity index (χ1) is 5.57. The van der Waals surface area contributed by atoms with Crippen LogP contribution in [0.5, 0.6) is 0 Å². The normalized spacial score (nSPS) is 11.3. The van der Waals surface area contributed by atoms with Gasteiger partial charge in [-0.2, -0.15) is 0 Å². The van der Waals surface area contributed by atoms with E-state index in [0.29, 0.717) is 6.42 Å². The minimum absolute atomic E-state index is 0.255. The molecule has 0 spiro atoms. The van der Waals surface area contributed by atoms with Crippen LogP contribution >= 0.6 is 0 Å². The zero-order valence-corrected chi connectivity index (χ0v) is 7.76. The Morgan fingerprint density at radius 1 is 1.58 bits per heavy atom. The van der Waals surface area contributed by atoms with Crippen molar-refractivity contribution in [1.82, 2.24) is 0 Å². The molecule has 0 aromatic heterocycles. The first-order valence-electron chi connectivity index (χ1n) is 4.14. The lowest BCUT2D eigenvalue weighted by Gasteiger charge is -1.98. The molecule has 0 aliphatic carbocycles. The van der Waals surface area contributed by atoms with Gasteiger partial charge in [-0.1, -0.05) is 31.6 Å². The molecule has 0 saturated carbocycles. The van der Waals surface area contributed by atoms with Gasteiger partial charge < -0.3 is 5.11 Å². The van der Waals surface area contributed by atoms with Crippen molar-refractivity contribution < 1.29 is 9.90 Å². The fraction of sp³-hybridized carbons (Fsp3) is 0.500. The molecule has 2 nitrogen and oxygen atoms in total. The molecule has 0 rings (SSSR count). The minimum Gasteiger partial charge on any atom is -0.478 e. The topological polar surface area (TPSA) is 37.3 Å². The van der Waals surface area contributed by atoms with Crippen LogP contribution in [0, 0.1) is 0 Å². The number of allylic oxidation sites excluding steroid dienone is 2. The van der Waals surface area contributed by atoms with Crippen LogP contribution in [0.3, 0.4) is 0 Å². The number of carboxylic acid groups (broad SMARTS) is 1. The zero-order valence-electron chi connectivity index (χ0n) is 7.76. The highest BCUT2D eigenvalue weighted by atomic mass is 16.4. The van der Waals surface area contributed by atoms with E-state index in [0.717, 1.165) is 12.8 Å². The molecule has 0 heterocycles. The van der Waals surface area contributed by atoms with E-state index in [1.54, 1.807) is 0 Å². The fourth-order valence-electron chi connectivity index (χ4n) is 0.881. The predicted molar refractivity (Wildman–Crippen MR) is 50.1 cm³/mol. The Morgan fingerprint density at radius 3 is 2.58 bits per heavy atom. The molecule has 0 saturated heterocycles. The van der Waals surface area contributed by atoms with Crippen molar-refractivity contribution in [2.45, 2.75) is 33.1 Å². The molecule has 0 aliphatic heterocycles. The zero-order chi connectivity index (χ0) is 9.56. The molecule has 12 heavy (non-hydrogen) atoms. The largest absolute Gasteiger partial charge is 0.478 e. The summed E-state index contributed by atoms with van der Waals surface area (Å²) in [5.41, 5.74) is 1.49. The van der Waals surface area contributed by atoms with Gasteiger partial charge >= 0.3 is 5.97 Å². The van der Waals surface area contributed by atoms with E-state index in [-0.39, 0.29) is 5.57 Å². The molecule has 0 aromatic carbocycles. The van der Waals surface area contributed by atoms with E-state index in [1.165, 1.54) is 5.57 Å². The number of hydrogen-bond donors (Lipinski definition) is 1. The quantitative estimate of drug-likeness (QED) is 0.506. The molecular weight excluding hydrogens is 152 g/mol. The maximum atomic E-state index is 10.3. The van der Waals surface area contributed by atoms with Gasteiger partial charge in [-0.15, -0.1) is 0 Å². The summed E-state index contributed by atoms with van der Waals surface area (Å²) in [6, 6.07) is 0. The van der Waals surface area contributed by atoms with Gasteiger partial charge in [0.15, 0.2) is 0 Å². The number of carbonyl (C=O) groups is 1. The molecule has 68 valence electrons. The third-order valence-corrected chi connectivity index (χ3v) is 1.64. The summed E-state index contributed by atoms with van der Waals surface area (Å²) < 4.78 is 0. The molecule has 0 unspecified atom stereocenters. The third kappa shape index (κ3) is 4.72.